The lowest BCUT2D eigenvalue weighted by atomic mass is 10.2. The van der Waals surface area contributed by atoms with Crippen molar-refractivity contribution in [3.8, 4) is 11.8 Å². The molecule has 0 saturated heterocycles. The Labute approximate surface area is 226 Å². The van der Waals surface area contributed by atoms with Crippen LogP contribution in [0.1, 0.15) is 22.8 Å². The zero-order valence-electron chi connectivity index (χ0n) is 20.2. The van der Waals surface area contributed by atoms with Crippen LogP contribution < -0.4 is 15.2 Å². The van der Waals surface area contributed by atoms with Gasteiger partial charge in [-0.15, -0.1) is 25.3 Å². The fraction of sp³-hybridized carbons (Fsp3) is 0.154. The van der Waals surface area contributed by atoms with Crippen molar-refractivity contribution in [2.45, 2.75) is 23.3 Å². The van der Waals surface area contributed by atoms with Gasteiger partial charge in [-0.05, 0) is 49.9 Å². The highest BCUT2D eigenvalue weighted by Crippen LogP contribution is 2.34. The second-order valence-corrected chi connectivity index (χ2v) is 9.65. The Balaban J connectivity index is 0.000000558. The molecule has 2 N–H and O–H groups in total. The van der Waals surface area contributed by atoms with Crippen LogP contribution in [0.4, 0.5) is 5.95 Å². The average Bonchev–Trinajstić information content (AvgIpc) is 2.84. The van der Waals surface area contributed by atoms with Gasteiger partial charge in [0.05, 0.1) is 7.11 Å². The number of thiol groups is 2. The Morgan fingerprint density at radius 2 is 1.75 bits per heavy atom. The van der Waals surface area contributed by atoms with Crippen molar-refractivity contribution in [3.05, 3.63) is 102 Å². The molecule has 0 saturated carbocycles. The van der Waals surface area contributed by atoms with Gasteiger partial charge in [-0.1, -0.05) is 66.8 Å². The SMILES string of the molecule is C=C/C=C(\C=C/C)C(S)(S)Oc1ccc(C(=O)Sc2nc(N)nc(OC)n2)cc1.Cc1ccccc1. The quantitative estimate of drug-likeness (QED) is 0.139. The lowest BCUT2D eigenvalue weighted by molar-refractivity contribution is 0.108. The predicted molar refractivity (Wildman–Crippen MR) is 153 cm³/mol. The van der Waals surface area contributed by atoms with Crippen LogP contribution in [0.3, 0.4) is 0 Å². The van der Waals surface area contributed by atoms with Crippen LogP contribution in [0.15, 0.2) is 96.2 Å². The lowest BCUT2D eigenvalue weighted by Gasteiger charge is -2.25. The number of ether oxygens (including phenoxy) is 2. The van der Waals surface area contributed by atoms with E-state index >= 15 is 0 Å². The number of rotatable bonds is 8. The maximum Gasteiger partial charge on any atom is 0.321 e. The second kappa shape index (κ2) is 14.4. The molecule has 1 heterocycles. The molecule has 0 aliphatic carbocycles. The molecule has 3 rings (SSSR count). The second-order valence-electron chi connectivity index (χ2n) is 7.10. The van der Waals surface area contributed by atoms with Crippen molar-refractivity contribution in [1.29, 1.82) is 0 Å². The number of aryl methyl sites for hydroxylation is 1. The number of benzene rings is 2. The summed E-state index contributed by atoms with van der Waals surface area (Å²) in [5, 5.41) is -0.122. The fourth-order valence-corrected chi connectivity index (χ4v) is 3.82. The summed E-state index contributed by atoms with van der Waals surface area (Å²) < 4.78 is 9.59. The van der Waals surface area contributed by atoms with E-state index in [9.17, 15) is 4.79 Å². The van der Waals surface area contributed by atoms with E-state index in [2.05, 4.69) is 65.8 Å². The molecule has 2 aromatic carbocycles. The molecule has 10 heteroatoms. The number of carbonyl (C=O) groups excluding carboxylic acids is 1. The summed E-state index contributed by atoms with van der Waals surface area (Å²) in [6.07, 6.45) is 7.05. The van der Waals surface area contributed by atoms with Gasteiger partial charge in [0, 0.05) is 11.1 Å². The number of hydrogen-bond acceptors (Lipinski definition) is 10. The number of methoxy groups -OCH3 is 1. The molecule has 0 spiro atoms. The highest BCUT2D eigenvalue weighted by molar-refractivity contribution is 8.14. The van der Waals surface area contributed by atoms with E-state index < -0.39 is 4.27 Å². The molecule has 0 bridgehead atoms. The highest BCUT2D eigenvalue weighted by atomic mass is 32.2. The number of nitrogens with two attached hydrogens (primary N) is 1. The Hall–Kier alpha value is -3.21. The summed E-state index contributed by atoms with van der Waals surface area (Å²) in [4.78, 5) is 24.2. The highest BCUT2D eigenvalue weighted by Gasteiger charge is 2.26. The number of aromatic nitrogens is 3. The van der Waals surface area contributed by atoms with Crippen LogP contribution in [0.25, 0.3) is 0 Å². The number of anilines is 1. The zero-order valence-corrected chi connectivity index (χ0v) is 22.8. The summed E-state index contributed by atoms with van der Waals surface area (Å²) >= 11 is 9.78. The average molecular weight is 541 g/mol. The van der Waals surface area contributed by atoms with Gasteiger partial charge in [0.2, 0.25) is 20.5 Å². The van der Waals surface area contributed by atoms with Crippen molar-refractivity contribution < 1.29 is 14.3 Å². The topological polar surface area (TPSA) is 100 Å². The van der Waals surface area contributed by atoms with E-state index in [0.717, 1.165) is 11.8 Å². The molecule has 36 heavy (non-hydrogen) atoms. The molecular weight excluding hydrogens is 513 g/mol. The third-order valence-corrected chi connectivity index (χ3v) is 5.77. The number of nitrogen functional groups attached to an aromatic ring is 1. The Bertz CT molecular complexity index is 1210. The normalized spacial score (nSPS) is 11.4. The number of thioether (sulfide) groups is 1. The van der Waals surface area contributed by atoms with Crippen LogP contribution in [0, 0.1) is 6.92 Å². The van der Waals surface area contributed by atoms with Gasteiger partial charge < -0.3 is 15.2 Å². The smallest absolute Gasteiger partial charge is 0.321 e. The Kier molecular flexibility index (Phi) is 11.6. The monoisotopic (exact) mass is 540 g/mol. The Morgan fingerprint density at radius 3 is 2.28 bits per heavy atom. The minimum atomic E-state index is -1.18. The first kappa shape index (κ1) is 29.0. The van der Waals surface area contributed by atoms with E-state index in [0.29, 0.717) is 16.9 Å². The molecule has 0 atom stereocenters. The zero-order chi connectivity index (χ0) is 26.6. The van der Waals surface area contributed by atoms with Crippen molar-refractivity contribution >= 4 is 48.1 Å². The van der Waals surface area contributed by atoms with Gasteiger partial charge >= 0.3 is 6.01 Å². The number of hydrogen-bond donors (Lipinski definition) is 3. The number of allylic oxidation sites excluding steroid dienone is 3. The van der Waals surface area contributed by atoms with E-state index in [4.69, 9.17) is 15.2 Å². The van der Waals surface area contributed by atoms with Crippen LogP contribution >= 0.6 is 37.0 Å². The summed E-state index contributed by atoms with van der Waals surface area (Å²) in [7, 11) is 1.40. The first-order valence-electron chi connectivity index (χ1n) is 10.7. The maximum atomic E-state index is 12.5. The van der Waals surface area contributed by atoms with Crippen molar-refractivity contribution in [1.82, 2.24) is 15.0 Å². The van der Waals surface area contributed by atoms with Crippen molar-refractivity contribution in [3.63, 3.8) is 0 Å². The number of nitrogens with zero attached hydrogens (tertiary/aromatic N) is 3. The van der Waals surface area contributed by atoms with Crippen LogP contribution in [-0.4, -0.2) is 31.4 Å². The molecule has 0 aliphatic heterocycles. The van der Waals surface area contributed by atoms with Crippen LogP contribution in [0.2, 0.25) is 0 Å². The van der Waals surface area contributed by atoms with Gasteiger partial charge in [-0.3, -0.25) is 4.79 Å². The van der Waals surface area contributed by atoms with Gasteiger partial charge in [0.15, 0.2) is 0 Å². The predicted octanol–water partition coefficient (Wildman–Crippen LogP) is 5.97. The summed E-state index contributed by atoms with van der Waals surface area (Å²) in [6, 6.07) is 16.8. The molecule has 7 nitrogen and oxygen atoms in total. The van der Waals surface area contributed by atoms with E-state index in [-0.39, 0.29) is 22.2 Å². The van der Waals surface area contributed by atoms with Gasteiger partial charge in [-0.25, -0.2) is 0 Å². The van der Waals surface area contributed by atoms with Crippen LogP contribution in [-0.2, 0) is 0 Å². The van der Waals surface area contributed by atoms with E-state index in [1.165, 1.54) is 12.7 Å². The minimum Gasteiger partial charge on any atom is -0.467 e. The molecule has 188 valence electrons. The molecule has 0 fully saturated rings. The largest absolute Gasteiger partial charge is 0.467 e. The maximum absolute atomic E-state index is 12.5. The number of carbonyl (C=O) groups is 1. The molecule has 1 aromatic heterocycles. The summed E-state index contributed by atoms with van der Waals surface area (Å²) in [5.74, 6) is 0.460. The van der Waals surface area contributed by atoms with Crippen molar-refractivity contribution in [2.24, 2.45) is 0 Å². The van der Waals surface area contributed by atoms with E-state index in [1.54, 1.807) is 36.4 Å². The van der Waals surface area contributed by atoms with Gasteiger partial charge in [0.25, 0.3) is 0 Å². The van der Waals surface area contributed by atoms with Gasteiger partial charge in [-0.2, -0.15) is 15.0 Å². The fourth-order valence-electron chi connectivity index (χ4n) is 2.63. The standard InChI is InChI=1S/C19H20N4O3S3.C7H8/c1-4-6-13(7-5-2)19(27,28)26-14-10-8-12(9-11-14)15(24)29-18-22-16(20)21-17(23-18)25-3;1-7-5-3-2-4-6-7/h4-11,27-28H,1H2,2-3H3,(H2,20,21,22,23);2-6H,1H3/b7-5-,13-6+;. The first-order chi connectivity index (χ1) is 17.2. The third kappa shape index (κ3) is 9.44. The molecular formula is C26H28N4O3S3. The van der Waals surface area contributed by atoms with E-state index in [1.807, 2.05) is 37.3 Å². The first-order valence-corrected chi connectivity index (χ1v) is 12.4. The summed E-state index contributed by atoms with van der Waals surface area (Å²) in [6.45, 7) is 7.64. The molecule has 0 unspecified atom stereocenters. The molecule has 0 radical (unpaired) electrons. The Morgan fingerprint density at radius 1 is 1.08 bits per heavy atom. The van der Waals surface area contributed by atoms with Crippen LogP contribution in [0.5, 0.6) is 11.8 Å². The van der Waals surface area contributed by atoms with Crippen molar-refractivity contribution in [2.75, 3.05) is 12.8 Å². The molecule has 0 aliphatic rings. The van der Waals surface area contributed by atoms with Gasteiger partial charge in [0.1, 0.15) is 5.75 Å². The molecule has 3 aromatic rings. The third-order valence-electron chi connectivity index (χ3n) is 4.29. The lowest BCUT2D eigenvalue weighted by Crippen LogP contribution is -2.24. The minimum absolute atomic E-state index is 0.0284. The summed E-state index contributed by atoms with van der Waals surface area (Å²) in [5.41, 5.74) is 8.04. The molecule has 0 amide bonds.